The zero-order valence-corrected chi connectivity index (χ0v) is 13.8. The molecule has 2 N–H and O–H groups in total. The van der Waals surface area contributed by atoms with Gasteiger partial charge in [-0.15, -0.1) is 11.3 Å². The first-order chi connectivity index (χ1) is 11.5. The van der Waals surface area contributed by atoms with Gasteiger partial charge in [-0.3, -0.25) is 4.79 Å². The molecule has 0 unspecified atom stereocenters. The van der Waals surface area contributed by atoms with Crippen molar-refractivity contribution in [3.63, 3.8) is 0 Å². The Morgan fingerprint density at radius 3 is 2.21 bits per heavy atom. The number of amides is 1. The lowest BCUT2D eigenvalue weighted by molar-refractivity contribution is 0.0698. The summed E-state index contributed by atoms with van der Waals surface area (Å²) in [6, 6.07) is 18.7. The molecule has 0 saturated heterocycles. The van der Waals surface area contributed by atoms with Crippen LogP contribution >= 0.6 is 11.3 Å². The highest BCUT2D eigenvalue weighted by molar-refractivity contribution is 7.16. The number of nitrogens with one attached hydrogen (secondary N) is 1. The Hall–Kier alpha value is -2.92. The number of aromatic carboxylic acids is 1. The Morgan fingerprint density at radius 1 is 0.958 bits per heavy atom. The average molecular weight is 337 g/mol. The summed E-state index contributed by atoms with van der Waals surface area (Å²) < 4.78 is 0. The van der Waals surface area contributed by atoms with E-state index in [0.717, 1.165) is 16.0 Å². The second kappa shape index (κ2) is 6.68. The number of benzene rings is 2. The van der Waals surface area contributed by atoms with Gasteiger partial charge >= 0.3 is 5.97 Å². The van der Waals surface area contributed by atoms with Crippen molar-refractivity contribution >= 4 is 28.2 Å². The normalized spacial score (nSPS) is 10.4. The third kappa shape index (κ3) is 3.36. The van der Waals surface area contributed by atoms with Crippen LogP contribution in [0.3, 0.4) is 0 Å². The van der Waals surface area contributed by atoms with E-state index in [9.17, 15) is 14.7 Å². The van der Waals surface area contributed by atoms with Crippen LogP contribution in [0.4, 0.5) is 5.00 Å². The molecule has 120 valence electrons. The van der Waals surface area contributed by atoms with Gasteiger partial charge in [0.25, 0.3) is 5.91 Å². The molecule has 5 heteroatoms. The van der Waals surface area contributed by atoms with Crippen molar-refractivity contribution in [1.82, 2.24) is 0 Å². The highest BCUT2D eigenvalue weighted by Gasteiger charge is 2.16. The number of rotatable bonds is 4. The second-order valence-electron chi connectivity index (χ2n) is 5.30. The molecule has 0 saturated carbocycles. The first kappa shape index (κ1) is 16.0. The number of thiophene rings is 1. The van der Waals surface area contributed by atoms with Gasteiger partial charge in [-0.1, -0.05) is 42.5 Å². The monoisotopic (exact) mass is 337 g/mol. The first-order valence-electron chi connectivity index (χ1n) is 7.35. The maximum atomic E-state index is 12.3. The van der Waals surface area contributed by atoms with Crippen LogP contribution in [0.25, 0.3) is 11.1 Å². The van der Waals surface area contributed by atoms with Gasteiger partial charge in [0, 0.05) is 10.4 Å². The lowest BCUT2D eigenvalue weighted by Crippen LogP contribution is -2.13. The van der Waals surface area contributed by atoms with Crippen LogP contribution in [0, 0.1) is 6.92 Å². The lowest BCUT2D eigenvalue weighted by atomic mass is 10.0. The minimum Gasteiger partial charge on any atom is -0.478 e. The van der Waals surface area contributed by atoms with Crippen LogP contribution in [0.1, 0.15) is 25.6 Å². The van der Waals surface area contributed by atoms with Crippen LogP contribution in [0.5, 0.6) is 0 Å². The minimum absolute atomic E-state index is 0.117. The Labute approximate surface area is 143 Å². The Kier molecular flexibility index (Phi) is 4.44. The number of hydrogen-bond donors (Lipinski definition) is 2. The van der Waals surface area contributed by atoms with E-state index in [-0.39, 0.29) is 11.5 Å². The van der Waals surface area contributed by atoms with Gasteiger partial charge in [0.1, 0.15) is 5.00 Å². The van der Waals surface area contributed by atoms with Gasteiger partial charge < -0.3 is 10.4 Å². The molecule has 1 aromatic heterocycles. The maximum Gasteiger partial charge on any atom is 0.338 e. The van der Waals surface area contributed by atoms with E-state index < -0.39 is 5.97 Å². The Bertz CT molecular complexity index is 883. The molecule has 0 bridgehead atoms. The fourth-order valence-electron chi connectivity index (χ4n) is 2.39. The summed E-state index contributed by atoms with van der Waals surface area (Å²) in [5.74, 6) is -1.37. The van der Waals surface area contributed by atoms with Crippen molar-refractivity contribution < 1.29 is 14.7 Å². The summed E-state index contributed by atoms with van der Waals surface area (Å²) in [6.45, 7) is 1.81. The number of carboxylic acids is 1. The second-order valence-corrected chi connectivity index (χ2v) is 6.56. The average Bonchev–Trinajstić information content (AvgIpc) is 2.96. The van der Waals surface area contributed by atoms with E-state index in [1.165, 1.54) is 11.3 Å². The fourth-order valence-corrected chi connectivity index (χ4v) is 3.28. The van der Waals surface area contributed by atoms with Crippen LogP contribution < -0.4 is 5.32 Å². The van der Waals surface area contributed by atoms with E-state index in [1.54, 1.807) is 25.1 Å². The molecular weight excluding hydrogens is 322 g/mol. The van der Waals surface area contributed by atoms with Crippen molar-refractivity contribution in [3.8, 4) is 11.1 Å². The van der Waals surface area contributed by atoms with Crippen molar-refractivity contribution in [1.29, 1.82) is 0 Å². The van der Waals surface area contributed by atoms with Crippen molar-refractivity contribution in [3.05, 3.63) is 76.7 Å². The number of carboxylic acid groups (broad SMARTS) is 1. The molecule has 3 rings (SSSR count). The number of carbonyl (C=O) groups excluding carboxylic acids is 1. The summed E-state index contributed by atoms with van der Waals surface area (Å²) in [4.78, 5) is 24.4. The third-order valence-corrected chi connectivity index (χ3v) is 4.53. The van der Waals surface area contributed by atoms with Crippen LogP contribution in [-0.4, -0.2) is 17.0 Å². The first-order valence-corrected chi connectivity index (χ1v) is 8.17. The minimum atomic E-state index is -1.05. The molecule has 24 heavy (non-hydrogen) atoms. The van der Waals surface area contributed by atoms with Crippen LogP contribution in [0.2, 0.25) is 0 Å². The zero-order valence-electron chi connectivity index (χ0n) is 12.9. The molecule has 2 aromatic carbocycles. The van der Waals surface area contributed by atoms with E-state index in [1.807, 2.05) is 42.5 Å². The van der Waals surface area contributed by atoms with Crippen molar-refractivity contribution in [2.45, 2.75) is 6.92 Å². The van der Waals surface area contributed by atoms with Crippen molar-refractivity contribution in [2.24, 2.45) is 0 Å². The number of aryl methyl sites for hydroxylation is 1. The summed E-state index contributed by atoms with van der Waals surface area (Å²) in [7, 11) is 0. The lowest BCUT2D eigenvalue weighted by Gasteiger charge is -2.06. The molecule has 0 radical (unpaired) electrons. The standard InChI is InChI=1S/C19H15NO3S/c1-12-11-16(19(22)23)18(24-12)20-17(21)15-9-7-14(8-10-15)13-5-3-2-4-6-13/h2-11H,1H3,(H,20,21)(H,22,23). The molecule has 1 amide bonds. The number of anilines is 1. The van der Waals surface area contributed by atoms with Gasteiger partial charge in [0.15, 0.2) is 0 Å². The van der Waals surface area contributed by atoms with Crippen LogP contribution in [-0.2, 0) is 0 Å². The van der Waals surface area contributed by atoms with E-state index in [4.69, 9.17) is 0 Å². The molecule has 1 heterocycles. The predicted molar refractivity (Wildman–Crippen MR) is 95.8 cm³/mol. The highest BCUT2D eigenvalue weighted by atomic mass is 32.1. The SMILES string of the molecule is Cc1cc(C(=O)O)c(NC(=O)c2ccc(-c3ccccc3)cc2)s1. The molecule has 0 fully saturated rings. The van der Waals surface area contributed by atoms with E-state index in [2.05, 4.69) is 5.32 Å². The largest absolute Gasteiger partial charge is 0.478 e. The Balaban J connectivity index is 1.80. The van der Waals surface area contributed by atoms with Crippen LogP contribution in [0.15, 0.2) is 60.7 Å². The van der Waals surface area contributed by atoms with Crippen molar-refractivity contribution in [2.75, 3.05) is 5.32 Å². The molecule has 0 spiro atoms. The van der Waals surface area contributed by atoms with E-state index in [0.29, 0.717) is 10.6 Å². The highest BCUT2D eigenvalue weighted by Crippen LogP contribution is 2.28. The zero-order chi connectivity index (χ0) is 17.1. The summed E-state index contributed by atoms with van der Waals surface area (Å²) in [5, 5.41) is 12.2. The molecular formula is C19H15NO3S. The third-order valence-electron chi connectivity index (χ3n) is 3.57. The smallest absolute Gasteiger partial charge is 0.338 e. The van der Waals surface area contributed by atoms with E-state index >= 15 is 0 Å². The molecule has 0 aliphatic heterocycles. The molecule has 0 aliphatic rings. The predicted octanol–water partition coefficient (Wildman–Crippen LogP) is 4.67. The number of hydrogen-bond acceptors (Lipinski definition) is 3. The molecule has 0 aliphatic carbocycles. The molecule has 4 nitrogen and oxygen atoms in total. The molecule has 0 atom stereocenters. The maximum absolute atomic E-state index is 12.3. The molecule has 3 aromatic rings. The van der Waals surface area contributed by atoms with Gasteiger partial charge in [-0.25, -0.2) is 4.79 Å². The Morgan fingerprint density at radius 2 is 1.58 bits per heavy atom. The quantitative estimate of drug-likeness (QED) is 0.727. The van der Waals surface area contributed by atoms with Gasteiger partial charge in [-0.2, -0.15) is 0 Å². The number of carbonyl (C=O) groups is 2. The summed E-state index contributed by atoms with van der Waals surface area (Å²) in [5.41, 5.74) is 2.70. The fraction of sp³-hybridized carbons (Fsp3) is 0.0526. The van der Waals surface area contributed by atoms with Gasteiger partial charge in [0.2, 0.25) is 0 Å². The van der Waals surface area contributed by atoms with Gasteiger partial charge in [0.05, 0.1) is 5.56 Å². The summed E-state index contributed by atoms with van der Waals surface area (Å²) in [6.07, 6.45) is 0. The topological polar surface area (TPSA) is 66.4 Å². The van der Waals surface area contributed by atoms with Gasteiger partial charge in [-0.05, 0) is 36.2 Å². The summed E-state index contributed by atoms with van der Waals surface area (Å²) >= 11 is 1.25.